The molecule has 0 spiro atoms. The minimum atomic E-state index is -0.844. The lowest BCUT2D eigenvalue weighted by molar-refractivity contribution is 0.103. The second kappa shape index (κ2) is 5.71. The molecule has 0 aliphatic rings. The number of benzene rings is 2. The molecule has 4 heteroatoms. The Bertz CT molecular complexity index is 611. The largest absolute Gasteiger partial charge is 0.316 e. The number of carbonyl (C=O) groups excluding carboxylic acids is 1. The normalized spacial score (nSPS) is 10.5. The number of ketones is 1. The number of nitrogens with one attached hydrogen (secondary N) is 1. The van der Waals surface area contributed by atoms with Crippen molar-refractivity contribution in [3.8, 4) is 0 Å². The molecule has 0 saturated carbocycles. The first-order chi connectivity index (χ1) is 9.11. The van der Waals surface area contributed by atoms with Gasteiger partial charge in [-0.05, 0) is 30.8 Å². The van der Waals surface area contributed by atoms with E-state index in [0.29, 0.717) is 18.2 Å². The van der Waals surface area contributed by atoms with Crippen molar-refractivity contribution in [1.29, 1.82) is 0 Å². The summed E-state index contributed by atoms with van der Waals surface area (Å²) >= 11 is 0. The van der Waals surface area contributed by atoms with Crippen molar-refractivity contribution in [2.75, 3.05) is 7.05 Å². The van der Waals surface area contributed by atoms with Crippen molar-refractivity contribution < 1.29 is 13.6 Å². The number of carbonyl (C=O) groups is 1. The monoisotopic (exact) mass is 261 g/mol. The highest BCUT2D eigenvalue weighted by Gasteiger charge is 2.14. The SMILES string of the molecule is CNCc1cccc(C(=O)c2ccc(F)cc2F)c1. The van der Waals surface area contributed by atoms with Gasteiger partial charge in [-0.2, -0.15) is 0 Å². The molecular formula is C15H13F2NO. The Labute approximate surface area is 110 Å². The van der Waals surface area contributed by atoms with Gasteiger partial charge in [0.1, 0.15) is 11.6 Å². The molecule has 0 aliphatic heterocycles. The lowest BCUT2D eigenvalue weighted by atomic mass is 10.0. The van der Waals surface area contributed by atoms with E-state index in [-0.39, 0.29) is 5.56 Å². The lowest BCUT2D eigenvalue weighted by Gasteiger charge is -2.05. The number of hydrogen-bond acceptors (Lipinski definition) is 2. The molecular weight excluding hydrogens is 248 g/mol. The van der Waals surface area contributed by atoms with E-state index in [1.54, 1.807) is 25.2 Å². The summed E-state index contributed by atoms with van der Waals surface area (Å²) in [6.07, 6.45) is 0. The average molecular weight is 261 g/mol. The summed E-state index contributed by atoms with van der Waals surface area (Å²) in [6, 6.07) is 9.87. The van der Waals surface area contributed by atoms with Crippen LogP contribution in [0, 0.1) is 11.6 Å². The molecule has 2 nitrogen and oxygen atoms in total. The molecule has 98 valence electrons. The van der Waals surface area contributed by atoms with Gasteiger partial charge in [-0.25, -0.2) is 8.78 Å². The number of hydrogen-bond donors (Lipinski definition) is 1. The van der Waals surface area contributed by atoms with Gasteiger partial charge in [0.2, 0.25) is 0 Å². The summed E-state index contributed by atoms with van der Waals surface area (Å²) in [5.74, 6) is -1.99. The fourth-order valence-electron chi connectivity index (χ4n) is 1.86. The van der Waals surface area contributed by atoms with Gasteiger partial charge in [0.15, 0.2) is 5.78 Å². The third kappa shape index (κ3) is 3.03. The Balaban J connectivity index is 2.35. The summed E-state index contributed by atoms with van der Waals surface area (Å²) < 4.78 is 26.4. The van der Waals surface area contributed by atoms with Crippen LogP contribution in [-0.4, -0.2) is 12.8 Å². The first-order valence-corrected chi connectivity index (χ1v) is 5.85. The van der Waals surface area contributed by atoms with Crippen molar-refractivity contribution in [1.82, 2.24) is 5.32 Å². The third-order valence-corrected chi connectivity index (χ3v) is 2.75. The quantitative estimate of drug-likeness (QED) is 0.857. The highest BCUT2D eigenvalue weighted by molar-refractivity contribution is 6.09. The van der Waals surface area contributed by atoms with E-state index in [1.807, 2.05) is 6.07 Å². The second-order valence-electron chi connectivity index (χ2n) is 4.18. The Morgan fingerprint density at radius 2 is 1.95 bits per heavy atom. The zero-order valence-corrected chi connectivity index (χ0v) is 10.4. The smallest absolute Gasteiger partial charge is 0.195 e. The minimum absolute atomic E-state index is 0.122. The molecule has 0 saturated heterocycles. The average Bonchev–Trinajstić information content (AvgIpc) is 2.39. The Morgan fingerprint density at radius 3 is 2.63 bits per heavy atom. The third-order valence-electron chi connectivity index (χ3n) is 2.75. The summed E-state index contributed by atoms with van der Waals surface area (Å²) in [4.78, 5) is 12.2. The minimum Gasteiger partial charge on any atom is -0.316 e. The van der Waals surface area contributed by atoms with E-state index in [4.69, 9.17) is 0 Å². The molecule has 0 aliphatic carbocycles. The van der Waals surface area contributed by atoms with E-state index in [9.17, 15) is 13.6 Å². The van der Waals surface area contributed by atoms with E-state index >= 15 is 0 Å². The van der Waals surface area contributed by atoms with Gasteiger partial charge in [-0.1, -0.05) is 18.2 Å². The molecule has 0 bridgehead atoms. The van der Waals surface area contributed by atoms with Crippen molar-refractivity contribution in [3.05, 3.63) is 70.8 Å². The molecule has 0 atom stereocenters. The molecule has 1 N–H and O–H groups in total. The second-order valence-corrected chi connectivity index (χ2v) is 4.18. The molecule has 2 aromatic carbocycles. The van der Waals surface area contributed by atoms with Gasteiger partial charge in [-0.3, -0.25) is 4.79 Å². The summed E-state index contributed by atoms with van der Waals surface area (Å²) in [5, 5.41) is 2.97. The van der Waals surface area contributed by atoms with Crippen LogP contribution >= 0.6 is 0 Å². The van der Waals surface area contributed by atoms with Crippen LogP contribution in [-0.2, 0) is 6.54 Å². The zero-order chi connectivity index (χ0) is 13.8. The Kier molecular flexibility index (Phi) is 4.02. The number of halogens is 2. The Hall–Kier alpha value is -2.07. The van der Waals surface area contributed by atoms with E-state index in [2.05, 4.69) is 5.32 Å². The molecule has 0 unspecified atom stereocenters. The lowest BCUT2D eigenvalue weighted by Crippen LogP contribution is -2.08. The zero-order valence-electron chi connectivity index (χ0n) is 10.4. The molecule has 0 fully saturated rings. The predicted octanol–water partition coefficient (Wildman–Crippen LogP) is 2.92. The van der Waals surface area contributed by atoms with Crippen LogP contribution in [0.5, 0.6) is 0 Å². The van der Waals surface area contributed by atoms with Crippen LogP contribution in [0.1, 0.15) is 21.5 Å². The van der Waals surface area contributed by atoms with Crippen LogP contribution in [0.4, 0.5) is 8.78 Å². The van der Waals surface area contributed by atoms with Gasteiger partial charge < -0.3 is 5.32 Å². The van der Waals surface area contributed by atoms with Gasteiger partial charge in [0.25, 0.3) is 0 Å². The van der Waals surface area contributed by atoms with Crippen LogP contribution in [0.25, 0.3) is 0 Å². The van der Waals surface area contributed by atoms with Crippen LogP contribution in [0.3, 0.4) is 0 Å². The van der Waals surface area contributed by atoms with Crippen LogP contribution < -0.4 is 5.32 Å². The van der Waals surface area contributed by atoms with E-state index in [1.165, 1.54) is 0 Å². The summed E-state index contributed by atoms with van der Waals surface area (Å²) in [5.41, 5.74) is 1.19. The van der Waals surface area contributed by atoms with Crippen molar-refractivity contribution in [2.24, 2.45) is 0 Å². The van der Waals surface area contributed by atoms with Crippen LogP contribution in [0.2, 0.25) is 0 Å². The maximum atomic E-state index is 13.6. The molecule has 0 radical (unpaired) electrons. The molecule has 0 heterocycles. The van der Waals surface area contributed by atoms with Crippen molar-refractivity contribution in [3.63, 3.8) is 0 Å². The Morgan fingerprint density at radius 1 is 1.16 bits per heavy atom. The van der Waals surface area contributed by atoms with Gasteiger partial charge in [0, 0.05) is 18.2 Å². The number of rotatable bonds is 4. The maximum absolute atomic E-state index is 13.6. The van der Waals surface area contributed by atoms with E-state index in [0.717, 1.165) is 17.7 Å². The van der Waals surface area contributed by atoms with Crippen molar-refractivity contribution >= 4 is 5.78 Å². The molecule has 2 rings (SSSR count). The van der Waals surface area contributed by atoms with E-state index < -0.39 is 17.4 Å². The fourth-order valence-corrected chi connectivity index (χ4v) is 1.86. The standard InChI is InChI=1S/C15H13F2NO/c1-18-9-10-3-2-4-11(7-10)15(19)13-6-5-12(16)8-14(13)17/h2-8,18H,9H2,1H3. The summed E-state index contributed by atoms with van der Waals surface area (Å²) in [6.45, 7) is 0.618. The predicted molar refractivity (Wildman–Crippen MR) is 69.0 cm³/mol. The van der Waals surface area contributed by atoms with Crippen molar-refractivity contribution in [2.45, 2.75) is 6.54 Å². The topological polar surface area (TPSA) is 29.1 Å². The maximum Gasteiger partial charge on any atom is 0.195 e. The fraction of sp³-hybridized carbons (Fsp3) is 0.133. The first-order valence-electron chi connectivity index (χ1n) is 5.85. The molecule has 19 heavy (non-hydrogen) atoms. The highest BCUT2D eigenvalue weighted by atomic mass is 19.1. The van der Waals surface area contributed by atoms with Gasteiger partial charge in [0.05, 0.1) is 5.56 Å². The van der Waals surface area contributed by atoms with Gasteiger partial charge >= 0.3 is 0 Å². The molecule has 2 aromatic rings. The first kappa shape index (κ1) is 13.4. The van der Waals surface area contributed by atoms with Crippen LogP contribution in [0.15, 0.2) is 42.5 Å². The molecule has 0 amide bonds. The summed E-state index contributed by atoms with van der Waals surface area (Å²) in [7, 11) is 1.80. The van der Waals surface area contributed by atoms with Gasteiger partial charge in [-0.15, -0.1) is 0 Å². The highest BCUT2D eigenvalue weighted by Crippen LogP contribution is 2.16. The molecule has 0 aromatic heterocycles.